The van der Waals surface area contributed by atoms with Crippen LogP contribution in [0.2, 0.25) is 0 Å². The van der Waals surface area contributed by atoms with Crippen molar-refractivity contribution in [2.45, 2.75) is 33.6 Å². The Morgan fingerprint density at radius 2 is 2.31 bits per heavy atom. The summed E-state index contributed by atoms with van der Waals surface area (Å²) in [5, 5.41) is 0. The van der Waals surface area contributed by atoms with Gasteiger partial charge in [-0.15, -0.1) is 0 Å². The van der Waals surface area contributed by atoms with E-state index >= 15 is 0 Å². The fourth-order valence-electron chi connectivity index (χ4n) is 2.08. The highest BCUT2D eigenvalue weighted by molar-refractivity contribution is 5.29. The Morgan fingerprint density at radius 1 is 1.62 bits per heavy atom. The van der Waals surface area contributed by atoms with E-state index in [1.54, 1.807) is 7.11 Å². The highest BCUT2D eigenvalue weighted by Gasteiger charge is 2.23. The molecule has 0 amide bonds. The van der Waals surface area contributed by atoms with Gasteiger partial charge in [-0.25, -0.2) is 0 Å². The molecule has 0 spiro atoms. The number of ether oxygens (including phenoxy) is 1. The molecule has 0 radical (unpaired) electrons. The zero-order valence-corrected chi connectivity index (χ0v) is 9.18. The summed E-state index contributed by atoms with van der Waals surface area (Å²) in [5.74, 6) is 0.657. The smallest absolute Gasteiger partial charge is 0.0681 e. The Morgan fingerprint density at radius 3 is 2.85 bits per heavy atom. The van der Waals surface area contributed by atoms with Crippen LogP contribution in [-0.2, 0) is 4.74 Å². The van der Waals surface area contributed by atoms with Crippen molar-refractivity contribution in [1.82, 2.24) is 0 Å². The first-order valence-electron chi connectivity index (χ1n) is 5.01. The van der Waals surface area contributed by atoms with Gasteiger partial charge < -0.3 is 4.74 Å². The Hall–Kier alpha value is -0.560. The van der Waals surface area contributed by atoms with Crippen LogP contribution >= 0.6 is 0 Å². The molecule has 0 saturated carbocycles. The molecular weight excluding hydrogens is 160 g/mol. The van der Waals surface area contributed by atoms with E-state index in [1.165, 1.54) is 29.6 Å². The molecule has 0 aliphatic heterocycles. The van der Waals surface area contributed by atoms with Crippen LogP contribution < -0.4 is 0 Å². The third-order valence-corrected chi connectivity index (χ3v) is 3.08. The minimum Gasteiger partial charge on any atom is -0.380 e. The summed E-state index contributed by atoms with van der Waals surface area (Å²) in [5.41, 5.74) is 4.54. The number of methoxy groups -OCH3 is 1. The molecule has 1 nitrogen and oxygen atoms in total. The quantitative estimate of drug-likeness (QED) is 0.605. The van der Waals surface area contributed by atoms with E-state index in [0.717, 1.165) is 6.61 Å². The van der Waals surface area contributed by atoms with E-state index in [-0.39, 0.29) is 0 Å². The van der Waals surface area contributed by atoms with Crippen molar-refractivity contribution in [1.29, 1.82) is 0 Å². The Labute approximate surface area is 81.5 Å². The van der Waals surface area contributed by atoms with Gasteiger partial charge in [0.05, 0.1) is 6.61 Å². The first-order valence-corrected chi connectivity index (χ1v) is 5.01. The van der Waals surface area contributed by atoms with Crippen molar-refractivity contribution in [3.8, 4) is 0 Å². The molecule has 0 aromatic rings. The van der Waals surface area contributed by atoms with Crippen LogP contribution in [0.3, 0.4) is 0 Å². The number of rotatable bonds is 3. The van der Waals surface area contributed by atoms with Gasteiger partial charge in [-0.1, -0.05) is 17.2 Å². The maximum absolute atomic E-state index is 5.24. The Balaban J connectivity index is 2.78. The molecule has 0 bridgehead atoms. The third kappa shape index (κ3) is 2.22. The molecule has 1 aliphatic rings. The van der Waals surface area contributed by atoms with Gasteiger partial charge in [0.1, 0.15) is 0 Å². The molecule has 0 N–H and O–H groups in total. The van der Waals surface area contributed by atoms with Crippen molar-refractivity contribution < 1.29 is 4.74 Å². The summed E-state index contributed by atoms with van der Waals surface area (Å²) in [6, 6.07) is 0. The molecular formula is C12H20O. The minimum atomic E-state index is 0.657. The zero-order valence-electron chi connectivity index (χ0n) is 9.18. The molecule has 1 aliphatic carbocycles. The molecule has 74 valence electrons. The van der Waals surface area contributed by atoms with Gasteiger partial charge in [0, 0.05) is 13.0 Å². The van der Waals surface area contributed by atoms with Gasteiger partial charge in [0.2, 0.25) is 0 Å². The molecule has 13 heavy (non-hydrogen) atoms. The van der Waals surface area contributed by atoms with E-state index in [9.17, 15) is 0 Å². The van der Waals surface area contributed by atoms with Crippen LogP contribution in [0.4, 0.5) is 0 Å². The second-order valence-corrected chi connectivity index (χ2v) is 3.86. The van der Waals surface area contributed by atoms with Crippen LogP contribution in [0.5, 0.6) is 0 Å². The SMILES string of the molecule is CC=C(C)C1CCC(C)=C1COC. The average Bonchev–Trinajstić information content (AvgIpc) is 2.48. The van der Waals surface area contributed by atoms with Crippen LogP contribution in [0.25, 0.3) is 0 Å². The first-order chi connectivity index (χ1) is 6.20. The lowest BCUT2D eigenvalue weighted by atomic mass is 9.93. The second-order valence-electron chi connectivity index (χ2n) is 3.86. The first kappa shape index (κ1) is 10.5. The maximum atomic E-state index is 5.24. The van der Waals surface area contributed by atoms with Crippen LogP contribution in [0.15, 0.2) is 22.8 Å². The molecule has 1 atom stereocenters. The Bertz CT molecular complexity index is 236. The van der Waals surface area contributed by atoms with Gasteiger partial charge >= 0.3 is 0 Å². The standard InChI is InChI=1S/C12H20O/c1-5-9(2)11-7-6-10(3)12(11)8-13-4/h5,11H,6-8H2,1-4H3. The zero-order chi connectivity index (χ0) is 9.84. The van der Waals surface area contributed by atoms with Crippen molar-refractivity contribution >= 4 is 0 Å². The van der Waals surface area contributed by atoms with Crippen molar-refractivity contribution in [3.63, 3.8) is 0 Å². The van der Waals surface area contributed by atoms with Crippen LogP contribution in [0.1, 0.15) is 33.6 Å². The third-order valence-electron chi connectivity index (χ3n) is 3.08. The van der Waals surface area contributed by atoms with E-state index in [0.29, 0.717) is 5.92 Å². The highest BCUT2D eigenvalue weighted by atomic mass is 16.5. The second kappa shape index (κ2) is 4.61. The van der Waals surface area contributed by atoms with Crippen LogP contribution in [-0.4, -0.2) is 13.7 Å². The highest BCUT2D eigenvalue weighted by Crippen LogP contribution is 2.36. The number of hydrogen-bond donors (Lipinski definition) is 0. The number of hydrogen-bond acceptors (Lipinski definition) is 1. The molecule has 0 heterocycles. The van der Waals surface area contributed by atoms with Crippen molar-refractivity contribution in [2.24, 2.45) is 5.92 Å². The molecule has 1 rings (SSSR count). The van der Waals surface area contributed by atoms with Gasteiger partial charge in [0.15, 0.2) is 0 Å². The number of allylic oxidation sites excluding steroid dienone is 3. The summed E-state index contributed by atoms with van der Waals surface area (Å²) in [7, 11) is 1.78. The lowest BCUT2D eigenvalue weighted by Gasteiger charge is -2.15. The summed E-state index contributed by atoms with van der Waals surface area (Å²) in [6.07, 6.45) is 4.74. The Kier molecular flexibility index (Phi) is 3.73. The average molecular weight is 180 g/mol. The van der Waals surface area contributed by atoms with Gasteiger partial charge in [-0.2, -0.15) is 0 Å². The summed E-state index contributed by atoms with van der Waals surface area (Å²) >= 11 is 0. The monoisotopic (exact) mass is 180 g/mol. The molecule has 0 aromatic heterocycles. The predicted molar refractivity (Wildman–Crippen MR) is 56.7 cm³/mol. The molecule has 0 fully saturated rings. The minimum absolute atomic E-state index is 0.657. The fourth-order valence-corrected chi connectivity index (χ4v) is 2.08. The maximum Gasteiger partial charge on any atom is 0.0681 e. The van der Waals surface area contributed by atoms with E-state index in [1.807, 2.05) is 0 Å². The normalized spacial score (nSPS) is 24.3. The summed E-state index contributed by atoms with van der Waals surface area (Å²) in [4.78, 5) is 0. The van der Waals surface area contributed by atoms with E-state index in [2.05, 4.69) is 26.8 Å². The van der Waals surface area contributed by atoms with Crippen molar-refractivity contribution in [3.05, 3.63) is 22.8 Å². The lowest BCUT2D eigenvalue weighted by Crippen LogP contribution is -2.06. The molecule has 1 unspecified atom stereocenters. The summed E-state index contributed by atoms with van der Waals surface area (Å²) < 4.78 is 5.24. The predicted octanol–water partition coefficient (Wildman–Crippen LogP) is 3.33. The molecule has 0 saturated heterocycles. The fraction of sp³-hybridized carbons (Fsp3) is 0.667. The van der Waals surface area contributed by atoms with E-state index < -0.39 is 0 Å². The van der Waals surface area contributed by atoms with Gasteiger partial charge in [-0.05, 0) is 39.2 Å². The van der Waals surface area contributed by atoms with Crippen molar-refractivity contribution in [2.75, 3.05) is 13.7 Å². The van der Waals surface area contributed by atoms with Crippen LogP contribution in [0, 0.1) is 5.92 Å². The largest absolute Gasteiger partial charge is 0.380 e. The lowest BCUT2D eigenvalue weighted by molar-refractivity contribution is 0.219. The van der Waals surface area contributed by atoms with Gasteiger partial charge in [-0.3, -0.25) is 0 Å². The topological polar surface area (TPSA) is 9.23 Å². The summed E-state index contributed by atoms with van der Waals surface area (Å²) in [6.45, 7) is 7.38. The molecule has 0 aromatic carbocycles. The molecule has 1 heteroatoms. The van der Waals surface area contributed by atoms with Gasteiger partial charge in [0.25, 0.3) is 0 Å². The van der Waals surface area contributed by atoms with E-state index in [4.69, 9.17) is 4.74 Å².